The van der Waals surface area contributed by atoms with Gasteiger partial charge in [-0.25, -0.2) is 14.6 Å². The van der Waals surface area contributed by atoms with Crippen LogP contribution in [0.3, 0.4) is 0 Å². The summed E-state index contributed by atoms with van der Waals surface area (Å²) in [5.74, 6) is -0.758. The van der Waals surface area contributed by atoms with Crippen LogP contribution >= 0.6 is 7.75 Å². The first-order valence-corrected chi connectivity index (χ1v) is 13.9. The zero-order chi connectivity index (χ0) is 29.2. The van der Waals surface area contributed by atoms with Gasteiger partial charge < -0.3 is 31.2 Å². The van der Waals surface area contributed by atoms with Gasteiger partial charge in [-0.15, -0.1) is 0 Å². The van der Waals surface area contributed by atoms with Gasteiger partial charge in [-0.3, -0.25) is 23.4 Å². The summed E-state index contributed by atoms with van der Waals surface area (Å²) >= 11 is 0. The molecule has 16 nitrogen and oxygen atoms in total. The van der Waals surface area contributed by atoms with Crippen molar-refractivity contribution in [1.82, 2.24) is 29.6 Å². The Hall–Kier alpha value is -3.24. The summed E-state index contributed by atoms with van der Waals surface area (Å²) in [6.45, 7) is 5.49. The summed E-state index contributed by atoms with van der Waals surface area (Å²) in [5, 5.41) is 24.7. The molecule has 0 spiro atoms. The average Bonchev–Trinajstić information content (AvgIpc) is 3.40. The fourth-order valence-corrected chi connectivity index (χ4v) is 5.52. The largest absolute Gasteiger partial charge is 0.462 e. The third kappa shape index (κ3) is 6.39. The fraction of sp³-hybridized carbons (Fsp3) is 0.522. The fourth-order valence-electron chi connectivity index (χ4n) is 4.06. The normalized spacial score (nSPS) is 25.2. The second-order valence-corrected chi connectivity index (χ2v) is 11.5. The maximum Gasteiger partial charge on any atom is 0.406 e. The lowest BCUT2D eigenvalue weighted by atomic mass is 9.96. The molecule has 3 aromatic rings. The highest BCUT2D eigenvalue weighted by Crippen LogP contribution is 2.47. The maximum absolute atomic E-state index is 13.7. The van der Waals surface area contributed by atoms with Crippen LogP contribution in [0, 0.1) is 0 Å². The molecule has 1 unspecified atom stereocenters. The van der Waals surface area contributed by atoms with Gasteiger partial charge in [0.1, 0.15) is 29.4 Å². The molecule has 1 fully saturated rings. The lowest BCUT2D eigenvalue weighted by Crippen LogP contribution is -2.44. The number of nitrogens with zero attached hydrogens (tertiary/aromatic N) is 5. The van der Waals surface area contributed by atoms with E-state index in [1.807, 2.05) is 0 Å². The van der Waals surface area contributed by atoms with E-state index in [2.05, 4.69) is 25.0 Å². The predicted molar refractivity (Wildman–Crippen MR) is 141 cm³/mol. The average molecular weight is 581 g/mol. The second kappa shape index (κ2) is 11.7. The molecular weight excluding hydrogens is 547 g/mol. The van der Waals surface area contributed by atoms with Crippen LogP contribution in [-0.4, -0.2) is 77.2 Å². The standard InChI is InChI=1S/C23H33N8O8P/c1-12(2)38-20(33)13(3)30-40(35,36-9-14-6-5-7-26-8-14)37-10-15-17(32)23(4,34)21(39-15)31-11-27-16-18(24)28-22(25)29-19(16)31/h5-8,11-13,15,17,21,32,34H,9-10H2,1-4H3,(H,30,35)(H4,24,25,28,29)/t13-,15+,17-,21+,23-,40?/m0/s1. The van der Waals surface area contributed by atoms with Crippen molar-refractivity contribution in [3.05, 3.63) is 36.4 Å². The van der Waals surface area contributed by atoms with Gasteiger partial charge >= 0.3 is 13.7 Å². The minimum atomic E-state index is -4.22. The number of carbonyl (C=O) groups excluding carboxylic acids is 1. The van der Waals surface area contributed by atoms with E-state index in [0.717, 1.165) is 0 Å². The number of aliphatic hydroxyl groups excluding tert-OH is 1. The number of hydrogen-bond acceptors (Lipinski definition) is 14. The first kappa shape index (κ1) is 29.7. The molecule has 0 aromatic carbocycles. The molecule has 7 N–H and O–H groups in total. The summed E-state index contributed by atoms with van der Waals surface area (Å²) in [7, 11) is -4.22. The Morgan fingerprint density at radius 3 is 2.73 bits per heavy atom. The van der Waals surface area contributed by atoms with Crippen molar-refractivity contribution in [3.8, 4) is 0 Å². The number of esters is 1. The molecule has 218 valence electrons. The van der Waals surface area contributed by atoms with Crippen molar-refractivity contribution in [1.29, 1.82) is 0 Å². The molecule has 4 heterocycles. The van der Waals surface area contributed by atoms with Gasteiger partial charge in [-0.1, -0.05) is 6.07 Å². The number of nitrogens with two attached hydrogens (primary N) is 2. The van der Waals surface area contributed by atoms with E-state index in [0.29, 0.717) is 5.56 Å². The quantitative estimate of drug-likeness (QED) is 0.155. The van der Waals surface area contributed by atoms with Crippen LogP contribution in [0.1, 0.15) is 39.5 Å². The number of aliphatic hydroxyl groups is 2. The summed E-state index contributed by atoms with van der Waals surface area (Å²) < 4.78 is 37.4. The van der Waals surface area contributed by atoms with E-state index in [1.54, 1.807) is 32.2 Å². The third-order valence-electron chi connectivity index (χ3n) is 6.06. The summed E-state index contributed by atoms with van der Waals surface area (Å²) in [4.78, 5) is 28.5. The Morgan fingerprint density at radius 2 is 2.05 bits per heavy atom. The van der Waals surface area contributed by atoms with Crippen LogP contribution in [0.2, 0.25) is 0 Å². The Kier molecular flexibility index (Phi) is 8.70. The van der Waals surface area contributed by atoms with Crippen LogP contribution in [0.5, 0.6) is 0 Å². The molecule has 0 aliphatic carbocycles. The highest BCUT2D eigenvalue weighted by Gasteiger charge is 2.54. The van der Waals surface area contributed by atoms with E-state index in [4.69, 9.17) is 30.0 Å². The molecule has 17 heteroatoms. The number of nitrogen functional groups attached to an aromatic ring is 2. The van der Waals surface area contributed by atoms with Crippen LogP contribution < -0.4 is 16.6 Å². The highest BCUT2D eigenvalue weighted by molar-refractivity contribution is 7.51. The van der Waals surface area contributed by atoms with Crippen LogP contribution in [0.4, 0.5) is 11.8 Å². The van der Waals surface area contributed by atoms with Crippen molar-refractivity contribution in [2.24, 2.45) is 0 Å². The number of fused-ring (bicyclic) bond motifs is 1. The van der Waals surface area contributed by atoms with Crippen LogP contribution in [0.15, 0.2) is 30.9 Å². The molecule has 4 rings (SSSR count). The summed E-state index contributed by atoms with van der Waals surface area (Å²) in [6.07, 6.45) is 0.0933. The summed E-state index contributed by atoms with van der Waals surface area (Å²) in [6, 6.07) is 2.32. The number of ether oxygens (including phenoxy) is 2. The van der Waals surface area contributed by atoms with E-state index >= 15 is 0 Å². The Balaban J connectivity index is 1.53. The van der Waals surface area contributed by atoms with Gasteiger partial charge in [0.05, 0.1) is 25.6 Å². The van der Waals surface area contributed by atoms with Crippen molar-refractivity contribution in [2.45, 2.75) is 70.5 Å². The third-order valence-corrected chi connectivity index (χ3v) is 7.72. The number of nitrogens with one attached hydrogen (secondary N) is 1. The Bertz CT molecular complexity index is 1390. The highest BCUT2D eigenvalue weighted by atomic mass is 31.2. The number of anilines is 2. The second-order valence-electron chi connectivity index (χ2n) is 9.75. The molecular formula is C23H33N8O8P. The first-order valence-electron chi connectivity index (χ1n) is 12.4. The molecule has 1 aliphatic rings. The molecule has 1 saturated heterocycles. The van der Waals surface area contributed by atoms with E-state index in [1.165, 1.54) is 30.9 Å². The van der Waals surface area contributed by atoms with Gasteiger partial charge in [0.15, 0.2) is 17.7 Å². The molecule has 6 atom stereocenters. The minimum absolute atomic E-state index is 0.0298. The number of aromatic nitrogens is 5. The Labute approximate surface area is 229 Å². The number of rotatable bonds is 11. The zero-order valence-corrected chi connectivity index (χ0v) is 23.3. The number of pyridine rings is 1. The molecule has 3 aromatic heterocycles. The van der Waals surface area contributed by atoms with Crippen LogP contribution in [0.25, 0.3) is 11.2 Å². The molecule has 0 bridgehead atoms. The van der Waals surface area contributed by atoms with Gasteiger partial charge in [-0.2, -0.15) is 9.97 Å². The van der Waals surface area contributed by atoms with E-state index < -0.39 is 56.5 Å². The van der Waals surface area contributed by atoms with E-state index in [-0.39, 0.29) is 29.5 Å². The first-order chi connectivity index (χ1) is 18.8. The van der Waals surface area contributed by atoms with Gasteiger partial charge in [0, 0.05) is 12.4 Å². The molecule has 1 aliphatic heterocycles. The monoisotopic (exact) mass is 580 g/mol. The Morgan fingerprint density at radius 1 is 1.30 bits per heavy atom. The van der Waals surface area contributed by atoms with Gasteiger partial charge in [0.25, 0.3) is 0 Å². The van der Waals surface area contributed by atoms with Crippen molar-refractivity contribution in [2.75, 3.05) is 18.1 Å². The van der Waals surface area contributed by atoms with Gasteiger partial charge in [-0.05, 0) is 39.3 Å². The molecule has 0 amide bonds. The molecule has 40 heavy (non-hydrogen) atoms. The maximum atomic E-state index is 13.7. The minimum Gasteiger partial charge on any atom is -0.462 e. The topological polar surface area (TPSA) is 232 Å². The van der Waals surface area contributed by atoms with Crippen molar-refractivity contribution >= 4 is 36.6 Å². The predicted octanol–water partition coefficient (Wildman–Crippen LogP) is 0.666. The van der Waals surface area contributed by atoms with E-state index in [9.17, 15) is 19.6 Å². The van der Waals surface area contributed by atoms with Crippen molar-refractivity contribution in [3.63, 3.8) is 0 Å². The lowest BCUT2D eigenvalue weighted by molar-refractivity contribution is -0.149. The van der Waals surface area contributed by atoms with Gasteiger partial charge in [0.2, 0.25) is 5.95 Å². The zero-order valence-electron chi connectivity index (χ0n) is 22.4. The van der Waals surface area contributed by atoms with Crippen molar-refractivity contribution < 1.29 is 38.1 Å². The number of imidazole rings is 1. The number of carbonyl (C=O) groups is 1. The number of hydrogen-bond donors (Lipinski definition) is 5. The molecule has 0 radical (unpaired) electrons. The SMILES string of the molecule is CC(C)OC(=O)[C@H](C)NP(=O)(OCc1cccnc1)OC[C@H]1O[C@@H](n2cnc3c(N)nc(N)nc32)[C@@](C)(O)[C@H]1O. The lowest BCUT2D eigenvalue weighted by Gasteiger charge is -2.27. The molecule has 0 saturated carbocycles. The smallest absolute Gasteiger partial charge is 0.406 e. The van der Waals surface area contributed by atoms with Crippen LogP contribution in [-0.2, 0) is 34.5 Å². The summed E-state index contributed by atoms with van der Waals surface area (Å²) in [5.41, 5.74) is 10.7.